The van der Waals surface area contributed by atoms with Crippen molar-refractivity contribution >= 4 is 54.4 Å². The van der Waals surface area contributed by atoms with Crippen LogP contribution >= 0.6 is 0 Å². The summed E-state index contributed by atoms with van der Waals surface area (Å²) in [6.45, 7) is 0. The van der Waals surface area contributed by atoms with E-state index in [1.54, 1.807) is 12.1 Å². The smallest absolute Gasteiger partial charge is 0.164 e. The van der Waals surface area contributed by atoms with E-state index in [9.17, 15) is 4.39 Å². The number of rotatable bonds is 5. The Kier molecular flexibility index (Phi) is 6.97. The minimum absolute atomic E-state index is 0.269. The summed E-state index contributed by atoms with van der Waals surface area (Å²) in [5.74, 6) is 1.59. The predicted molar refractivity (Wildman–Crippen MR) is 222 cm³/mol. The Morgan fingerprint density at radius 1 is 0.382 bits per heavy atom. The summed E-state index contributed by atoms with van der Waals surface area (Å²) in [6, 6.07) is 61.2. The number of para-hydroxylation sites is 2. The molecule has 3 aromatic heterocycles. The molecular weight excluding hydrogens is 678 g/mol. The van der Waals surface area contributed by atoms with Crippen molar-refractivity contribution in [1.82, 2.24) is 24.1 Å². The van der Waals surface area contributed by atoms with E-state index in [0.29, 0.717) is 17.5 Å². The van der Waals surface area contributed by atoms with Crippen molar-refractivity contribution in [3.8, 4) is 45.5 Å². The highest BCUT2D eigenvalue weighted by Crippen LogP contribution is 2.43. The van der Waals surface area contributed by atoms with Crippen LogP contribution in [0.25, 0.3) is 99.9 Å². The van der Waals surface area contributed by atoms with Crippen LogP contribution in [0, 0.1) is 5.82 Å². The second kappa shape index (κ2) is 12.3. The molecular formula is C49H30FN5. The molecule has 11 rings (SSSR count). The molecule has 11 aromatic rings. The number of benzene rings is 8. The minimum atomic E-state index is -0.269. The highest BCUT2D eigenvalue weighted by Gasteiger charge is 2.23. The number of nitrogens with zero attached hydrogens (tertiary/aromatic N) is 5. The number of fused-ring (bicyclic) bond motifs is 8. The van der Waals surface area contributed by atoms with Gasteiger partial charge in [-0.05, 0) is 53.9 Å². The Balaban J connectivity index is 1.20. The Labute approximate surface area is 315 Å². The van der Waals surface area contributed by atoms with E-state index >= 15 is 0 Å². The fourth-order valence-corrected chi connectivity index (χ4v) is 8.25. The van der Waals surface area contributed by atoms with Gasteiger partial charge in [-0.15, -0.1) is 0 Å². The van der Waals surface area contributed by atoms with Crippen LogP contribution in [0.1, 0.15) is 0 Å². The van der Waals surface area contributed by atoms with Crippen molar-refractivity contribution in [3.05, 3.63) is 188 Å². The predicted octanol–water partition coefficient (Wildman–Crippen LogP) is 12.4. The summed E-state index contributed by atoms with van der Waals surface area (Å²) < 4.78 is 19.4. The van der Waals surface area contributed by atoms with Gasteiger partial charge >= 0.3 is 0 Å². The Morgan fingerprint density at radius 3 is 1.65 bits per heavy atom. The molecule has 0 aliphatic rings. The SMILES string of the molecule is Fc1cccc(-n2c3ccccc3c3ccc4c(c5ccccc5n4-c4ccc(-c5nc(-c6ccccc6)nc(-c6ccccc6)n5)c5ccccc45)c32)c1. The summed E-state index contributed by atoms with van der Waals surface area (Å²) >= 11 is 0. The largest absolute Gasteiger partial charge is 0.309 e. The van der Waals surface area contributed by atoms with Gasteiger partial charge in [0.2, 0.25) is 0 Å². The van der Waals surface area contributed by atoms with Crippen LogP contribution in [-0.2, 0) is 0 Å². The van der Waals surface area contributed by atoms with Gasteiger partial charge in [-0.3, -0.25) is 0 Å². The molecule has 0 spiro atoms. The van der Waals surface area contributed by atoms with Gasteiger partial charge in [-0.25, -0.2) is 19.3 Å². The van der Waals surface area contributed by atoms with E-state index in [1.165, 1.54) is 6.07 Å². The van der Waals surface area contributed by atoms with E-state index < -0.39 is 0 Å². The lowest BCUT2D eigenvalue weighted by Crippen LogP contribution is -2.01. The van der Waals surface area contributed by atoms with Crippen LogP contribution < -0.4 is 0 Å². The van der Waals surface area contributed by atoms with Gasteiger partial charge in [0, 0.05) is 49.3 Å². The number of halogens is 1. The summed E-state index contributed by atoms with van der Waals surface area (Å²) in [5.41, 5.74) is 8.82. The lowest BCUT2D eigenvalue weighted by molar-refractivity contribution is 0.627. The minimum Gasteiger partial charge on any atom is -0.309 e. The molecule has 0 atom stereocenters. The molecule has 5 nitrogen and oxygen atoms in total. The van der Waals surface area contributed by atoms with Gasteiger partial charge < -0.3 is 9.13 Å². The molecule has 8 aromatic carbocycles. The van der Waals surface area contributed by atoms with E-state index in [-0.39, 0.29) is 5.82 Å². The van der Waals surface area contributed by atoms with Gasteiger partial charge in [-0.2, -0.15) is 0 Å². The van der Waals surface area contributed by atoms with Crippen molar-refractivity contribution in [2.24, 2.45) is 0 Å². The molecule has 0 bridgehead atoms. The first-order chi connectivity index (χ1) is 27.2. The molecule has 0 unspecified atom stereocenters. The first kappa shape index (κ1) is 31.1. The van der Waals surface area contributed by atoms with Crippen molar-refractivity contribution in [2.75, 3.05) is 0 Å². The van der Waals surface area contributed by atoms with E-state index in [4.69, 9.17) is 15.0 Å². The molecule has 0 saturated heterocycles. The van der Waals surface area contributed by atoms with Crippen LogP contribution in [0.4, 0.5) is 4.39 Å². The third-order valence-electron chi connectivity index (χ3n) is 10.6. The number of aromatic nitrogens is 5. The second-order valence-corrected chi connectivity index (χ2v) is 13.8. The maximum Gasteiger partial charge on any atom is 0.164 e. The van der Waals surface area contributed by atoms with Crippen LogP contribution in [0.2, 0.25) is 0 Å². The maximum absolute atomic E-state index is 14.8. The molecule has 0 amide bonds. The topological polar surface area (TPSA) is 48.5 Å². The van der Waals surface area contributed by atoms with Gasteiger partial charge in [0.15, 0.2) is 17.5 Å². The van der Waals surface area contributed by atoms with Crippen molar-refractivity contribution in [1.29, 1.82) is 0 Å². The lowest BCUT2D eigenvalue weighted by Gasteiger charge is -2.15. The van der Waals surface area contributed by atoms with Crippen LogP contribution in [0.3, 0.4) is 0 Å². The van der Waals surface area contributed by atoms with E-state index in [1.807, 2.05) is 72.8 Å². The molecule has 0 aliphatic carbocycles. The summed E-state index contributed by atoms with van der Waals surface area (Å²) in [6.07, 6.45) is 0. The zero-order chi connectivity index (χ0) is 36.5. The normalized spacial score (nSPS) is 11.7. The third kappa shape index (κ3) is 4.89. The fourth-order valence-electron chi connectivity index (χ4n) is 8.25. The number of hydrogen-bond acceptors (Lipinski definition) is 3. The average molecular weight is 708 g/mol. The maximum atomic E-state index is 14.8. The fraction of sp³-hybridized carbons (Fsp3) is 0. The molecule has 0 N–H and O–H groups in total. The summed E-state index contributed by atoms with van der Waals surface area (Å²) in [7, 11) is 0. The molecule has 55 heavy (non-hydrogen) atoms. The average Bonchev–Trinajstić information content (AvgIpc) is 3.77. The molecule has 6 heteroatoms. The highest BCUT2D eigenvalue weighted by molar-refractivity contribution is 6.26. The van der Waals surface area contributed by atoms with Crippen LogP contribution in [-0.4, -0.2) is 24.1 Å². The van der Waals surface area contributed by atoms with Crippen LogP contribution in [0.5, 0.6) is 0 Å². The molecule has 0 saturated carbocycles. The zero-order valence-electron chi connectivity index (χ0n) is 29.4. The lowest BCUT2D eigenvalue weighted by atomic mass is 10.0. The summed E-state index contributed by atoms with van der Waals surface area (Å²) in [5, 5.41) is 6.57. The quantitative estimate of drug-likeness (QED) is 0.179. The Bertz CT molecular complexity index is 3220. The van der Waals surface area contributed by atoms with Crippen molar-refractivity contribution < 1.29 is 4.39 Å². The Morgan fingerprint density at radius 2 is 0.964 bits per heavy atom. The van der Waals surface area contributed by atoms with Crippen molar-refractivity contribution in [2.45, 2.75) is 0 Å². The van der Waals surface area contributed by atoms with Crippen LogP contribution in [0.15, 0.2) is 182 Å². The third-order valence-corrected chi connectivity index (χ3v) is 10.6. The van der Waals surface area contributed by atoms with Gasteiger partial charge in [-0.1, -0.05) is 133 Å². The standard InChI is InChI=1S/C49H30FN5/c50-33-18-13-19-34(30-33)54-41-24-11-9-22-37(41)38-26-29-44-45(46(38)54)40-23-10-12-25-42(40)55(44)43-28-27-39(35-20-7-8-21-36(35)43)49-52-47(31-14-3-1-4-15-31)51-48(53-49)32-16-5-2-6-17-32/h1-30H. The van der Waals surface area contributed by atoms with E-state index in [0.717, 1.165) is 82.4 Å². The zero-order valence-corrected chi connectivity index (χ0v) is 29.4. The Hall–Kier alpha value is -7.44. The van der Waals surface area contributed by atoms with Gasteiger partial charge in [0.25, 0.3) is 0 Å². The number of hydrogen-bond donors (Lipinski definition) is 0. The highest BCUT2D eigenvalue weighted by atomic mass is 19.1. The van der Waals surface area contributed by atoms with Gasteiger partial charge in [0.05, 0.1) is 27.8 Å². The van der Waals surface area contributed by atoms with E-state index in [2.05, 4.69) is 100 Å². The molecule has 0 aliphatic heterocycles. The summed E-state index contributed by atoms with van der Waals surface area (Å²) in [4.78, 5) is 15.1. The van der Waals surface area contributed by atoms with Gasteiger partial charge in [0.1, 0.15) is 5.82 Å². The second-order valence-electron chi connectivity index (χ2n) is 13.8. The monoisotopic (exact) mass is 707 g/mol. The molecule has 258 valence electrons. The molecule has 0 radical (unpaired) electrons. The van der Waals surface area contributed by atoms with Crippen molar-refractivity contribution in [3.63, 3.8) is 0 Å². The first-order valence-electron chi connectivity index (χ1n) is 18.3. The molecule has 3 heterocycles. The first-order valence-corrected chi connectivity index (χ1v) is 18.3. The molecule has 0 fully saturated rings.